The van der Waals surface area contributed by atoms with E-state index in [-0.39, 0.29) is 0 Å². The lowest BCUT2D eigenvalue weighted by Gasteiger charge is -2.26. The van der Waals surface area contributed by atoms with Crippen LogP contribution in [0.2, 0.25) is 0 Å². The van der Waals surface area contributed by atoms with Gasteiger partial charge >= 0.3 is 0 Å². The fourth-order valence-corrected chi connectivity index (χ4v) is 4.26. The Labute approximate surface area is 171 Å². The summed E-state index contributed by atoms with van der Waals surface area (Å²) in [7, 11) is 0. The predicted octanol–water partition coefficient (Wildman–Crippen LogP) is 2.88. The Morgan fingerprint density at radius 3 is 2.36 bits per heavy atom. The molecule has 28 heavy (non-hydrogen) atoms. The highest BCUT2D eigenvalue weighted by molar-refractivity contribution is 5.28. The van der Waals surface area contributed by atoms with Crippen molar-refractivity contribution in [1.29, 1.82) is 0 Å². The fourth-order valence-electron chi connectivity index (χ4n) is 4.26. The average Bonchev–Trinajstić information content (AvgIpc) is 2.99. The molecule has 0 aliphatic carbocycles. The van der Waals surface area contributed by atoms with Crippen LogP contribution in [0.4, 0.5) is 0 Å². The van der Waals surface area contributed by atoms with Crippen molar-refractivity contribution < 1.29 is 9.84 Å². The number of hydrogen-bond acceptors (Lipinski definition) is 5. The standard InChI is InChI=1S/C23H39N3O2/c27-22(19-26-14-4-1-2-5-15-26)20-28-23-10-8-9-21(17-23)18-24-11-16-25-12-6-3-7-13-25/h8-10,17,22,24,27H,1-7,11-16,18-20H2. The van der Waals surface area contributed by atoms with Crippen molar-refractivity contribution in [3.63, 3.8) is 0 Å². The van der Waals surface area contributed by atoms with Crippen LogP contribution in [0.15, 0.2) is 24.3 Å². The molecule has 2 heterocycles. The van der Waals surface area contributed by atoms with Gasteiger partial charge in [0.25, 0.3) is 0 Å². The number of likely N-dealkylation sites (tertiary alicyclic amines) is 2. The second-order valence-corrected chi connectivity index (χ2v) is 8.41. The van der Waals surface area contributed by atoms with Gasteiger partial charge in [-0.25, -0.2) is 0 Å². The van der Waals surface area contributed by atoms with E-state index < -0.39 is 6.10 Å². The topological polar surface area (TPSA) is 48.0 Å². The molecule has 1 aromatic rings. The molecule has 1 aromatic carbocycles. The summed E-state index contributed by atoms with van der Waals surface area (Å²) in [6.45, 7) is 8.83. The summed E-state index contributed by atoms with van der Waals surface area (Å²) in [5.74, 6) is 0.852. The minimum Gasteiger partial charge on any atom is -0.491 e. The lowest BCUT2D eigenvalue weighted by molar-refractivity contribution is 0.0693. The van der Waals surface area contributed by atoms with Crippen LogP contribution in [0.5, 0.6) is 5.75 Å². The van der Waals surface area contributed by atoms with Crippen LogP contribution in [-0.2, 0) is 6.54 Å². The van der Waals surface area contributed by atoms with Gasteiger partial charge in [-0.2, -0.15) is 0 Å². The maximum atomic E-state index is 10.3. The van der Waals surface area contributed by atoms with E-state index in [0.29, 0.717) is 6.61 Å². The monoisotopic (exact) mass is 389 g/mol. The first kappa shape index (κ1) is 21.6. The van der Waals surface area contributed by atoms with Gasteiger partial charge in [0.15, 0.2) is 0 Å². The quantitative estimate of drug-likeness (QED) is 0.603. The molecule has 158 valence electrons. The number of ether oxygens (including phenoxy) is 1. The number of rotatable bonds is 10. The Balaban J connectivity index is 1.33. The molecule has 1 atom stereocenters. The van der Waals surface area contributed by atoms with Crippen LogP contribution in [0, 0.1) is 0 Å². The second-order valence-electron chi connectivity index (χ2n) is 8.41. The van der Waals surface area contributed by atoms with Crippen molar-refractivity contribution in [2.45, 2.75) is 57.6 Å². The van der Waals surface area contributed by atoms with Crippen molar-refractivity contribution in [2.24, 2.45) is 0 Å². The Hall–Kier alpha value is -1.14. The molecule has 0 spiro atoms. The molecule has 3 rings (SSSR count). The SMILES string of the molecule is OC(COc1cccc(CNCCN2CCCCC2)c1)CN1CCCCCC1. The van der Waals surface area contributed by atoms with E-state index in [4.69, 9.17) is 4.74 Å². The van der Waals surface area contributed by atoms with Crippen LogP contribution < -0.4 is 10.1 Å². The maximum absolute atomic E-state index is 10.3. The van der Waals surface area contributed by atoms with Crippen molar-refractivity contribution in [1.82, 2.24) is 15.1 Å². The summed E-state index contributed by atoms with van der Waals surface area (Å²) in [5, 5.41) is 13.9. The first-order valence-electron chi connectivity index (χ1n) is 11.3. The summed E-state index contributed by atoms with van der Waals surface area (Å²) in [5.41, 5.74) is 1.23. The van der Waals surface area contributed by atoms with E-state index in [1.807, 2.05) is 12.1 Å². The van der Waals surface area contributed by atoms with Gasteiger partial charge in [-0.15, -0.1) is 0 Å². The van der Waals surface area contributed by atoms with E-state index in [2.05, 4.69) is 27.2 Å². The Kier molecular flexibility index (Phi) is 9.57. The molecule has 1 unspecified atom stereocenters. The molecule has 2 fully saturated rings. The number of piperidine rings is 1. The highest BCUT2D eigenvalue weighted by Crippen LogP contribution is 2.15. The number of aliphatic hydroxyl groups excluding tert-OH is 1. The van der Waals surface area contributed by atoms with Gasteiger partial charge in [-0.05, 0) is 69.6 Å². The molecule has 5 heteroatoms. The molecular weight excluding hydrogens is 350 g/mol. The summed E-state index contributed by atoms with van der Waals surface area (Å²) in [6.07, 6.45) is 8.81. The van der Waals surface area contributed by atoms with Gasteiger partial charge in [0, 0.05) is 26.2 Å². The van der Waals surface area contributed by atoms with Gasteiger partial charge in [0.2, 0.25) is 0 Å². The molecule has 2 N–H and O–H groups in total. The molecule has 2 saturated heterocycles. The molecule has 0 saturated carbocycles. The molecule has 2 aliphatic rings. The molecule has 0 aromatic heterocycles. The van der Waals surface area contributed by atoms with E-state index >= 15 is 0 Å². The highest BCUT2D eigenvalue weighted by Gasteiger charge is 2.14. The average molecular weight is 390 g/mol. The zero-order chi connectivity index (χ0) is 19.4. The largest absolute Gasteiger partial charge is 0.491 e. The van der Waals surface area contributed by atoms with Crippen LogP contribution in [0.25, 0.3) is 0 Å². The number of hydrogen-bond donors (Lipinski definition) is 2. The summed E-state index contributed by atoms with van der Waals surface area (Å²) < 4.78 is 5.87. The zero-order valence-electron chi connectivity index (χ0n) is 17.5. The van der Waals surface area contributed by atoms with Crippen LogP contribution in [0.1, 0.15) is 50.5 Å². The highest BCUT2D eigenvalue weighted by atomic mass is 16.5. The van der Waals surface area contributed by atoms with Crippen molar-refractivity contribution >= 4 is 0 Å². The van der Waals surface area contributed by atoms with Gasteiger partial charge in [-0.1, -0.05) is 31.4 Å². The fraction of sp³-hybridized carbons (Fsp3) is 0.739. The van der Waals surface area contributed by atoms with E-state index in [1.54, 1.807) is 0 Å². The molecule has 0 radical (unpaired) electrons. The minimum atomic E-state index is -0.426. The molecule has 2 aliphatic heterocycles. The number of aliphatic hydroxyl groups is 1. The lowest BCUT2D eigenvalue weighted by atomic mass is 10.1. The Morgan fingerprint density at radius 1 is 0.929 bits per heavy atom. The van der Waals surface area contributed by atoms with Gasteiger partial charge in [-0.3, -0.25) is 0 Å². The van der Waals surface area contributed by atoms with E-state index in [9.17, 15) is 5.11 Å². The van der Waals surface area contributed by atoms with Crippen molar-refractivity contribution in [3.05, 3.63) is 29.8 Å². The number of β-amino-alcohol motifs (C(OH)–C–C–N with tert-alkyl or cyclic N) is 1. The first-order chi connectivity index (χ1) is 13.8. The normalized spacial score (nSPS) is 20.6. The van der Waals surface area contributed by atoms with Crippen molar-refractivity contribution in [3.8, 4) is 5.75 Å². The minimum absolute atomic E-state index is 0.363. The predicted molar refractivity (Wildman–Crippen MR) is 115 cm³/mol. The second kappa shape index (κ2) is 12.4. The van der Waals surface area contributed by atoms with Crippen LogP contribution in [0.3, 0.4) is 0 Å². The molecule has 0 bridgehead atoms. The van der Waals surface area contributed by atoms with Crippen LogP contribution >= 0.6 is 0 Å². The first-order valence-corrected chi connectivity index (χ1v) is 11.3. The number of nitrogens with one attached hydrogen (secondary N) is 1. The van der Waals surface area contributed by atoms with E-state index in [0.717, 1.165) is 45.0 Å². The third kappa shape index (κ3) is 8.08. The van der Waals surface area contributed by atoms with Gasteiger partial charge in [0.1, 0.15) is 18.5 Å². The van der Waals surface area contributed by atoms with E-state index in [1.165, 1.54) is 63.6 Å². The molecule has 0 amide bonds. The summed E-state index contributed by atoms with van der Waals surface area (Å²) >= 11 is 0. The number of benzene rings is 1. The zero-order valence-corrected chi connectivity index (χ0v) is 17.5. The number of nitrogens with zero attached hydrogens (tertiary/aromatic N) is 2. The third-order valence-electron chi connectivity index (χ3n) is 5.89. The lowest BCUT2D eigenvalue weighted by Crippen LogP contribution is -2.36. The van der Waals surface area contributed by atoms with Gasteiger partial charge in [0.05, 0.1) is 0 Å². The van der Waals surface area contributed by atoms with Crippen molar-refractivity contribution in [2.75, 3.05) is 52.4 Å². The molecule has 5 nitrogen and oxygen atoms in total. The smallest absolute Gasteiger partial charge is 0.119 e. The summed E-state index contributed by atoms with van der Waals surface area (Å²) in [6, 6.07) is 8.25. The maximum Gasteiger partial charge on any atom is 0.119 e. The molecular formula is C23H39N3O2. The Morgan fingerprint density at radius 2 is 1.61 bits per heavy atom. The third-order valence-corrected chi connectivity index (χ3v) is 5.89. The van der Waals surface area contributed by atoms with Gasteiger partial charge < -0.3 is 25.0 Å². The van der Waals surface area contributed by atoms with Crippen LogP contribution in [-0.4, -0.2) is 73.4 Å². The summed E-state index contributed by atoms with van der Waals surface area (Å²) in [4.78, 5) is 4.94. The Bertz CT molecular complexity index is 540.